The third-order valence-electron chi connectivity index (χ3n) is 2.63. The first-order valence-corrected chi connectivity index (χ1v) is 5.24. The number of nitrogens with one attached hydrogen (secondary N) is 1. The fourth-order valence-electron chi connectivity index (χ4n) is 1.53. The molecule has 0 heterocycles. The number of hydrogen-bond donors (Lipinski definition) is 1. The molecule has 0 spiro atoms. The van der Waals surface area contributed by atoms with Crippen LogP contribution in [0.3, 0.4) is 0 Å². The van der Waals surface area contributed by atoms with Crippen molar-refractivity contribution in [3.63, 3.8) is 0 Å². The van der Waals surface area contributed by atoms with Crippen LogP contribution in [0.1, 0.15) is 36.4 Å². The molecule has 0 saturated heterocycles. The molecule has 16 heavy (non-hydrogen) atoms. The molecule has 1 saturated carbocycles. The SMILES string of the molecule is N#CC(NC1CC1)c1ccc(C(F)F)cc1. The van der Waals surface area contributed by atoms with Crippen LogP contribution in [-0.4, -0.2) is 6.04 Å². The largest absolute Gasteiger partial charge is 0.295 e. The minimum atomic E-state index is -2.45. The van der Waals surface area contributed by atoms with Gasteiger partial charge in [-0.1, -0.05) is 24.3 Å². The summed E-state index contributed by atoms with van der Waals surface area (Å²) in [7, 11) is 0. The lowest BCUT2D eigenvalue weighted by molar-refractivity contribution is 0.151. The fraction of sp³-hybridized carbons (Fsp3) is 0.417. The molecule has 1 unspecified atom stereocenters. The zero-order valence-corrected chi connectivity index (χ0v) is 8.66. The summed E-state index contributed by atoms with van der Waals surface area (Å²) in [5.74, 6) is 0. The molecule has 2 nitrogen and oxygen atoms in total. The minimum absolute atomic E-state index is 0.00754. The molecule has 2 rings (SSSR count). The van der Waals surface area contributed by atoms with Crippen molar-refractivity contribution < 1.29 is 8.78 Å². The van der Waals surface area contributed by atoms with Crippen LogP contribution in [-0.2, 0) is 0 Å². The second-order valence-corrected chi connectivity index (χ2v) is 3.97. The Kier molecular flexibility index (Phi) is 3.16. The van der Waals surface area contributed by atoms with E-state index in [-0.39, 0.29) is 11.6 Å². The van der Waals surface area contributed by atoms with Crippen LogP contribution in [0.2, 0.25) is 0 Å². The highest BCUT2D eigenvalue weighted by Gasteiger charge is 2.25. The first-order chi connectivity index (χ1) is 7.70. The normalized spacial score (nSPS) is 17.1. The van der Waals surface area contributed by atoms with Crippen LogP contribution in [0.15, 0.2) is 24.3 Å². The summed E-state index contributed by atoms with van der Waals surface area (Å²) in [6, 6.07) is 8.09. The van der Waals surface area contributed by atoms with Crippen LogP contribution in [0.4, 0.5) is 8.78 Å². The molecular formula is C12H12F2N2. The van der Waals surface area contributed by atoms with Gasteiger partial charge in [-0.05, 0) is 18.4 Å². The molecule has 0 bridgehead atoms. The van der Waals surface area contributed by atoms with E-state index in [0.717, 1.165) is 18.4 Å². The Hall–Kier alpha value is -1.47. The molecule has 0 amide bonds. The molecule has 1 atom stereocenters. The number of nitriles is 1. The summed E-state index contributed by atoms with van der Waals surface area (Å²) in [5, 5.41) is 12.1. The van der Waals surface area contributed by atoms with E-state index >= 15 is 0 Å². The zero-order chi connectivity index (χ0) is 11.5. The van der Waals surface area contributed by atoms with E-state index in [1.165, 1.54) is 12.1 Å². The van der Waals surface area contributed by atoms with Crippen molar-refractivity contribution in [3.05, 3.63) is 35.4 Å². The Morgan fingerprint density at radius 2 is 1.75 bits per heavy atom. The number of halogens is 2. The van der Waals surface area contributed by atoms with Gasteiger partial charge in [-0.15, -0.1) is 0 Å². The molecule has 1 aromatic rings. The molecule has 1 aliphatic carbocycles. The minimum Gasteiger partial charge on any atom is -0.295 e. The van der Waals surface area contributed by atoms with E-state index in [2.05, 4.69) is 11.4 Å². The predicted molar refractivity (Wildman–Crippen MR) is 55.9 cm³/mol. The Morgan fingerprint density at radius 1 is 1.19 bits per heavy atom. The van der Waals surface area contributed by atoms with Crippen molar-refractivity contribution in [2.45, 2.75) is 31.4 Å². The smallest absolute Gasteiger partial charge is 0.263 e. The monoisotopic (exact) mass is 222 g/mol. The first kappa shape index (κ1) is 11.0. The summed E-state index contributed by atoms with van der Waals surface area (Å²) in [6.45, 7) is 0. The molecule has 1 N–H and O–H groups in total. The zero-order valence-electron chi connectivity index (χ0n) is 8.66. The van der Waals surface area contributed by atoms with Gasteiger partial charge in [-0.3, -0.25) is 5.32 Å². The van der Waals surface area contributed by atoms with Crippen molar-refractivity contribution in [2.75, 3.05) is 0 Å². The average Bonchev–Trinajstić information content (AvgIpc) is 3.10. The van der Waals surface area contributed by atoms with Gasteiger partial charge in [0.15, 0.2) is 0 Å². The van der Waals surface area contributed by atoms with Crippen molar-refractivity contribution in [3.8, 4) is 6.07 Å². The van der Waals surface area contributed by atoms with Gasteiger partial charge >= 0.3 is 0 Å². The van der Waals surface area contributed by atoms with E-state index in [1.807, 2.05) is 0 Å². The average molecular weight is 222 g/mol. The summed E-state index contributed by atoms with van der Waals surface area (Å²) in [5.41, 5.74) is 0.741. The summed E-state index contributed by atoms with van der Waals surface area (Å²) in [6.07, 6.45) is -0.272. The van der Waals surface area contributed by atoms with Gasteiger partial charge in [0.1, 0.15) is 6.04 Å². The van der Waals surface area contributed by atoms with Gasteiger partial charge in [0, 0.05) is 11.6 Å². The van der Waals surface area contributed by atoms with Crippen LogP contribution in [0.5, 0.6) is 0 Å². The standard InChI is InChI=1S/C12H12F2N2/c13-12(14)9-3-1-8(2-4-9)11(7-15)16-10-5-6-10/h1-4,10-12,16H,5-6H2. The third kappa shape index (κ3) is 2.56. The van der Waals surface area contributed by atoms with Crippen LogP contribution < -0.4 is 5.32 Å². The van der Waals surface area contributed by atoms with Gasteiger partial charge in [-0.25, -0.2) is 8.78 Å². The number of alkyl halides is 2. The third-order valence-corrected chi connectivity index (χ3v) is 2.63. The molecule has 4 heteroatoms. The quantitative estimate of drug-likeness (QED) is 0.850. The summed E-state index contributed by atoms with van der Waals surface area (Å²) < 4.78 is 24.6. The second kappa shape index (κ2) is 4.58. The maximum Gasteiger partial charge on any atom is 0.263 e. The lowest BCUT2D eigenvalue weighted by atomic mass is 10.1. The highest BCUT2D eigenvalue weighted by atomic mass is 19.3. The van der Waals surface area contributed by atoms with Gasteiger partial charge < -0.3 is 0 Å². The molecule has 0 radical (unpaired) electrons. The van der Waals surface area contributed by atoms with Gasteiger partial charge in [0.2, 0.25) is 0 Å². The molecule has 0 aliphatic heterocycles. The summed E-state index contributed by atoms with van der Waals surface area (Å²) in [4.78, 5) is 0. The number of nitrogens with zero attached hydrogens (tertiary/aromatic N) is 1. The van der Waals surface area contributed by atoms with Crippen LogP contribution >= 0.6 is 0 Å². The van der Waals surface area contributed by atoms with Gasteiger partial charge in [-0.2, -0.15) is 5.26 Å². The lowest BCUT2D eigenvalue weighted by Crippen LogP contribution is -2.21. The number of hydrogen-bond acceptors (Lipinski definition) is 2. The molecule has 1 aromatic carbocycles. The molecular weight excluding hydrogens is 210 g/mol. The Bertz CT molecular complexity index is 390. The van der Waals surface area contributed by atoms with E-state index < -0.39 is 6.43 Å². The highest BCUT2D eigenvalue weighted by molar-refractivity contribution is 5.29. The van der Waals surface area contributed by atoms with Crippen molar-refractivity contribution in [1.29, 1.82) is 5.26 Å². The highest BCUT2D eigenvalue weighted by Crippen LogP contribution is 2.25. The van der Waals surface area contributed by atoms with Crippen molar-refractivity contribution in [1.82, 2.24) is 5.32 Å². The topological polar surface area (TPSA) is 35.8 Å². The number of rotatable bonds is 4. The molecule has 0 aromatic heterocycles. The van der Waals surface area contributed by atoms with E-state index in [9.17, 15) is 8.78 Å². The van der Waals surface area contributed by atoms with Crippen LogP contribution in [0.25, 0.3) is 0 Å². The predicted octanol–water partition coefficient (Wildman–Crippen LogP) is 2.94. The van der Waals surface area contributed by atoms with E-state index in [1.54, 1.807) is 12.1 Å². The van der Waals surface area contributed by atoms with Crippen LogP contribution in [0, 0.1) is 11.3 Å². The lowest BCUT2D eigenvalue weighted by Gasteiger charge is -2.11. The number of benzene rings is 1. The van der Waals surface area contributed by atoms with E-state index in [4.69, 9.17) is 5.26 Å². The Balaban J connectivity index is 2.09. The van der Waals surface area contributed by atoms with Gasteiger partial charge in [0.05, 0.1) is 6.07 Å². The fourth-order valence-corrected chi connectivity index (χ4v) is 1.53. The maximum absolute atomic E-state index is 12.3. The van der Waals surface area contributed by atoms with E-state index in [0.29, 0.717) is 6.04 Å². The molecule has 1 fully saturated rings. The van der Waals surface area contributed by atoms with Gasteiger partial charge in [0.25, 0.3) is 6.43 Å². The molecule has 84 valence electrons. The maximum atomic E-state index is 12.3. The van der Waals surface area contributed by atoms with Crippen molar-refractivity contribution in [2.24, 2.45) is 0 Å². The Morgan fingerprint density at radius 3 is 2.19 bits per heavy atom. The second-order valence-electron chi connectivity index (χ2n) is 3.97. The summed E-state index contributed by atoms with van der Waals surface area (Å²) >= 11 is 0. The first-order valence-electron chi connectivity index (χ1n) is 5.24. The van der Waals surface area contributed by atoms with Crippen molar-refractivity contribution >= 4 is 0 Å². The Labute approximate surface area is 92.9 Å². The molecule has 1 aliphatic rings.